The maximum Gasteiger partial charge on any atom is 0.312 e. The number of amides is 2. The molecule has 8 nitrogen and oxygen atoms in total. The molecule has 3 aliphatic rings. The lowest BCUT2D eigenvalue weighted by Crippen LogP contribution is -2.62. The third-order valence-electron chi connectivity index (χ3n) is 8.43. The van der Waals surface area contributed by atoms with Gasteiger partial charge in [0, 0.05) is 12.1 Å². The lowest BCUT2D eigenvalue weighted by Gasteiger charge is -2.46. The lowest BCUT2D eigenvalue weighted by molar-refractivity contribution is -0.158. The van der Waals surface area contributed by atoms with Crippen molar-refractivity contribution in [2.45, 2.75) is 110 Å². The SMILES string of the molecule is C=CCCOC(=O)[C@@H]1[C@H]2C(=O)N([C@@H](CO)CC(C)C)C(C(=O)N(CC=C)C(C)(C)CC(C)(C)C)C23CC[C@H]1O3. The summed E-state index contributed by atoms with van der Waals surface area (Å²) in [5, 5.41) is 10.5. The predicted molar refractivity (Wildman–Crippen MR) is 151 cm³/mol. The molecule has 8 heteroatoms. The number of carbonyl (C=O) groups excluding carboxylic acids is 3. The Kier molecular flexibility index (Phi) is 9.43. The molecule has 6 atom stereocenters. The van der Waals surface area contributed by atoms with Crippen LogP contribution >= 0.6 is 0 Å². The molecular formula is C31H50N2O6. The zero-order valence-electron chi connectivity index (χ0n) is 25.1. The number of ether oxygens (including phenoxy) is 2. The monoisotopic (exact) mass is 546 g/mol. The molecule has 0 radical (unpaired) electrons. The Morgan fingerprint density at radius 2 is 1.90 bits per heavy atom. The number of aliphatic hydroxyl groups is 1. The summed E-state index contributed by atoms with van der Waals surface area (Å²) in [6, 6.07) is -1.51. The van der Waals surface area contributed by atoms with Crippen molar-refractivity contribution in [3.8, 4) is 0 Å². The molecule has 3 heterocycles. The van der Waals surface area contributed by atoms with Gasteiger partial charge in [-0.3, -0.25) is 14.4 Å². The van der Waals surface area contributed by atoms with E-state index in [1.165, 1.54) is 0 Å². The summed E-state index contributed by atoms with van der Waals surface area (Å²) in [5.74, 6) is -2.39. The van der Waals surface area contributed by atoms with Crippen molar-refractivity contribution in [3.05, 3.63) is 25.3 Å². The number of esters is 1. The van der Waals surface area contributed by atoms with Crippen molar-refractivity contribution in [1.29, 1.82) is 0 Å². The molecule has 3 fully saturated rings. The minimum Gasteiger partial charge on any atom is -0.465 e. The van der Waals surface area contributed by atoms with Gasteiger partial charge in [-0.2, -0.15) is 0 Å². The quantitative estimate of drug-likeness (QED) is 0.212. The minimum atomic E-state index is -1.14. The fourth-order valence-electron chi connectivity index (χ4n) is 7.50. The Balaban J connectivity index is 2.10. The van der Waals surface area contributed by atoms with Crippen molar-refractivity contribution in [2.75, 3.05) is 19.8 Å². The highest BCUT2D eigenvalue weighted by atomic mass is 16.6. The Bertz CT molecular complexity index is 953. The summed E-state index contributed by atoms with van der Waals surface area (Å²) in [5.41, 5.74) is -1.73. The second-order valence-electron chi connectivity index (χ2n) is 13.8. The molecule has 0 aliphatic carbocycles. The van der Waals surface area contributed by atoms with E-state index in [4.69, 9.17) is 9.47 Å². The van der Waals surface area contributed by atoms with Gasteiger partial charge in [-0.15, -0.1) is 13.2 Å². The van der Waals surface area contributed by atoms with Crippen LogP contribution in [-0.4, -0.2) is 81.8 Å². The van der Waals surface area contributed by atoms with Crippen molar-refractivity contribution < 1.29 is 29.0 Å². The fourth-order valence-corrected chi connectivity index (χ4v) is 7.50. The van der Waals surface area contributed by atoms with E-state index in [1.807, 2.05) is 32.6 Å². The molecule has 2 amide bonds. The molecule has 2 bridgehead atoms. The number of carbonyl (C=O) groups is 3. The van der Waals surface area contributed by atoms with E-state index in [2.05, 4.69) is 33.9 Å². The van der Waals surface area contributed by atoms with Gasteiger partial charge in [0.2, 0.25) is 11.8 Å². The summed E-state index contributed by atoms with van der Waals surface area (Å²) in [4.78, 5) is 45.7. The highest BCUT2D eigenvalue weighted by Gasteiger charge is 2.75. The lowest BCUT2D eigenvalue weighted by atomic mass is 9.70. The summed E-state index contributed by atoms with van der Waals surface area (Å²) in [7, 11) is 0. The molecule has 2 unspecified atom stereocenters. The Labute approximate surface area is 234 Å². The molecule has 1 N–H and O–H groups in total. The normalized spacial score (nSPS) is 28.9. The molecule has 0 aromatic rings. The van der Waals surface area contributed by atoms with Crippen LogP contribution in [0.15, 0.2) is 25.3 Å². The Morgan fingerprint density at radius 3 is 2.44 bits per heavy atom. The molecule has 3 rings (SSSR count). The van der Waals surface area contributed by atoms with Gasteiger partial charge < -0.3 is 24.4 Å². The van der Waals surface area contributed by atoms with E-state index >= 15 is 0 Å². The third kappa shape index (κ3) is 5.97. The molecule has 220 valence electrons. The average molecular weight is 547 g/mol. The number of aliphatic hydroxyl groups excluding tert-OH is 1. The first kappa shape index (κ1) is 31.3. The van der Waals surface area contributed by atoms with Gasteiger partial charge in [0.05, 0.1) is 37.2 Å². The third-order valence-corrected chi connectivity index (χ3v) is 8.43. The highest BCUT2D eigenvalue weighted by molar-refractivity contribution is 5.98. The van der Waals surface area contributed by atoms with Gasteiger partial charge in [0.15, 0.2) is 0 Å². The van der Waals surface area contributed by atoms with Crippen LogP contribution in [0, 0.1) is 23.2 Å². The fraction of sp³-hybridized carbons (Fsp3) is 0.774. The number of fused-ring (bicyclic) bond motifs is 1. The summed E-state index contributed by atoms with van der Waals surface area (Å²) >= 11 is 0. The first-order chi connectivity index (χ1) is 18.1. The van der Waals surface area contributed by atoms with Crippen molar-refractivity contribution >= 4 is 17.8 Å². The van der Waals surface area contributed by atoms with E-state index in [9.17, 15) is 19.5 Å². The van der Waals surface area contributed by atoms with Gasteiger partial charge in [0.1, 0.15) is 11.6 Å². The molecule has 39 heavy (non-hydrogen) atoms. The van der Waals surface area contributed by atoms with Gasteiger partial charge in [-0.25, -0.2) is 0 Å². The molecular weight excluding hydrogens is 496 g/mol. The Hall–Kier alpha value is -2.19. The topological polar surface area (TPSA) is 96.4 Å². The number of nitrogens with zero attached hydrogens (tertiary/aromatic N) is 2. The van der Waals surface area contributed by atoms with Crippen LogP contribution in [0.4, 0.5) is 0 Å². The zero-order chi connectivity index (χ0) is 29.3. The maximum atomic E-state index is 14.7. The molecule has 0 aromatic heterocycles. The van der Waals surface area contributed by atoms with Crippen molar-refractivity contribution in [1.82, 2.24) is 9.80 Å². The van der Waals surface area contributed by atoms with Crippen LogP contribution in [-0.2, 0) is 23.9 Å². The standard InChI is InChI=1S/C31H50N2O6/c1-10-12-16-38-28(37)23-22-13-14-31(39-22)24(23)26(35)33(21(18-34)17-20(3)4)25(31)27(36)32(15-11-2)30(8,9)19-29(5,6)7/h10-11,20-25,34H,1-2,12-19H2,3-9H3/t21-,22-,23+,24+,25?,31?/m1/s1. The summed E-state index contributed by atoms with van der Waals surface area (Å²) in [6.45, 7) is 22.4. The smallest absolute Gasteiger partial charge is 0.312 e. The van der Waals surface area contributed by atoms with Crippen LogP contribution in [0.3, 0.4) is 0 Å². The number of hydrogen-bond acceptors (Lipinski definition) is 6. The maximum absolute atomic E-state index is 14.7. The van der Waals surface area contributed by atoms with Crippen LogP contribution in [0.5, 0.6) is 0 Å². The van der Waals surface area contributed by atoms with Crippen LogP contribution < -0.4 is 0 Å². The first-order valence-corrected chi connectivity index (χ1v) is 14.5. The van der Waals surface area contributed by atoms with Crippen molar-refractivity contribution in [3.63, 3.8) is 0 Å². The summed E-state index contributed by atoms with van der Waals surface area (Å²) < 4.78 is 12.1. The number of rotatable bonds is 13. The van der Waals surface area contributed by atoms with E-state index in [-0.39, 0.29) is 36.4 Å². The van der Waals surface area contributed by atoms with Crippen LogP contribution in [0.25, 0.3) is 0 Å². The average Bonchev–Trinajstić information content (AvgIpc) is 3.46. The van der Waals surface area contributed by atoms with E-state index in [0.29, 0.717) is 32.2 Å². The number of likely N-dealkylation sites (tertiary alicyclic amines) is 1. The second kappa shape index (κ2) is 11.7. The highest BCUT2D eigenvalue weighted by Crippen LogP contribution is 2.59. The summed E-state index contributed by atoms with van der Waals surface area (Å²) in [6.07, 6.45) is 5.76. The molecule has 3 saturated heterocycles. The van der Waals surface area contributed by atoms with E-state index in [0.717, 1.165) is 6.42 Å². The minimum absolute atomic E-state index is 0.0525. The number of hydrogen-bond donors (Lipinski definition) is 1. The molecule has 3 aliphatic heterocycles. The predicted octanol–water partition coefficient (Wildman–Crippen LogP) is 4.12. The molecule has 0 aromatic carbocycles. The van der Waals surface area contributed by atoms with Gasteiger partial charge in [-0.05, 0) is 57.3 Å². The molecule has 0 saturated carbocycles. The van der Waals surface area contributed by atoms with Crippen LogP contribution in [0.1, 0.15) is 80.6 Å². The van der Waals surface area contributed by atoms with Gasteiger partial charge >= 0.3 is 5.97 Å². The largest absolute Gasteiger partial charge is 0.465 e. The van der Waals surface area contributed by atoms with Gasteiger partial charge in [-0.1, -0.05) is 46.8 Å². The first-order valence-electron chi connectivity index (χ1n) is 14.5. The Morgan fingerprint density at radius 1 is 1.23 bits per heavy atom. The van der Waals surface area contributed by atoms with Crippen molar-refractivity contribution in [2.24, 2.45) is 23.2 Å². The second-order valence-corrected chi connectivity index (χ2v) is 13.8. The molecule has 1 spiro atoms. The van der Waals surface area contributed by atoms with Crippen LogP contribution in [0.2, 0.25) is 0 Å². The van der Waals surface area contributed by atoms with E-state index in [1.54, 1.807) is 17.1 Å². The van der Waals surface area contributed by atoms with Gasteiger partial charge in [0.25, 0.3) is 0 Å². The van der Waals surface area contributed by atoms with E-state index < -0.39 is 47.1 Å². The zero-order valence-corrected chi connectivity index (χ0v) is 25.1.